The highest BCUT2D eigenvalue weighted by atomic mass is 19.1. The van der Waals surface area contributed by atoms with Crippen molar-refractivity contribution in [3.05, 3.63) is 35.6 Å². The first-order valence-corrected chi connectivity index (χ1v) is 5.31. The zero-order chi connectivity index (χ0) is 10.7. The molecular weight excluding hydrogens is 191 g/mol. The Balaban J connectivity index is 2.00. The number of benzene rings is 1. The molecule has 80 valence electrons. The fourth-order valence-electron chi connectivity index (χ4n) is 1.74. The van der Waals surface area contributed by atoms with E-state index < -0.39 is 0 Å². The lowest BCUT2D eigenvalue weighted by Crippen LogP contribution is -2.24. The summed E-state index contributed by atoms with van der Waals surface area (Å²) in [6.45, 7) is 2.99. The summed E-state index contributed by atoms with van der Waals surface area (Å²) in [5.41, 5.74) is 1.09. The maximum atomic E-state index is 12.7. The third-order valence-corrected chi connectivity index (χ3v) is 2.63. The number of aliphatic imine (C=N–C) groups is 1. The van der Waals surface area contributed by atoms with Crippen molar-refractivity contribution in [2.24, 2.45) is 4.99 Å². The maximum Gasteiger partial charge on any atom is 0.123 e. The Hall–Kier alpha value is -1.38. The molecule has 0 saturated heterocycles. The van der Waals surface area contributed by atoms with Crippen LogP contribution in [0.3, 0.4) is 0 Å². The molecule has 0 amide bonds. The first kappa shape index (κ1) is 10.1. The van der Waals surface area contributed by atoms with E-state index in [0.29, 0.717) is 0 Å². The molecule has 0 fully saturated rings. The van der Waals surface area contributed by atoms with Crippen molar-refractivity contribution < 1.29 is 4.39 Å². The minimum atomic E-state index is -0.191. The van der Waals surface area contributed by atoms with Crippen molar-refractivity contribution in [1.29, 1.82) is 0 Å². The lowest BCUT2D eigenvalue weighted by molar-refractivity contribution is 0.624. The third-order valence-electron chi connectivity index (χ3n) is 2.63. The molecule has 2 rings (SSSR count). The van der Waals surface area contributed by atoms with Gasteiger partial charge in [-0.05, 0) is 31.0 Å². The summed E-state index contributed by atoms with van der Waals surface area (Å²) in [4.78, 5) is 4.35. The molecule has 15 heavy (non-hydrogen) atoms. The predicted octanol–water partition coefficient (Wildman–Crippen LogP) is 2.67. The van der Waals surface area contributed by atoms with Crippen LogP contribution in [-0.4, -0.2) is 12.4 Å². The molecule has 1 aliphatic rings. The fraction of sp³-hybridized carbons (Fsp3) is 0.417. The van der Waals surface area contributed by atoms with Gasteiger partial charge in [0.25, 0.3) is 0 Å². The molecule has 0 unspecified atom stereocenters. The van der Waals surface area contributed by atoms with Gasteiger partial charge in [-0.2, -0.15) is 0 Å². The Bertz CT molecular complexity index is 356. The van der Waals surface area contributed by atoms with Gasteiger partial charge in [0.15, 0.2) is 0 Å². The largest absolute Gasteiger partial charge is 0.367 e. The molecule has 0 bridgehead atoms. The van der Waals surface area contributed by atoms with Gasteiger partial charge < -0.3 is 5.32 Å². The van der Waals surface area contributed by atoms with Crippen molar-refractivity contribution >= 4 is 5.84 Å². The zero-order valence-corrected chi connectivity index (χ0v) is 8.83. The second-order valence-corrected chi connectivity index (χ2v) is 3.85. The molecule has 0 spiro atoms. The van der Waals surface area contributed by atoms with Crippen LogP contribution in [0.5, 0.6) is 0 Å². The lowest BCUT2D eigenvalue weighted by atomic mass is 10.1. The van der Waals surface area contributed by atoms with E-state index in [4.69, 9.17) is 0 Å². The Morgan fingerprint density at radius 1 is 1.33 bits per heavy atom. The van der Waals surface area contributed by atoms with Crippen molar-refractivity contribution in [3.8, 4) is 0 Å². The Kier molecular flexibility index (Phi) is 2.99. The normalized spacial score (nSPS) is 17.3. The molecule has 3 heteroatoms. The Morgan fingerprint density at radius 2 is 2.07 bits per heavy atom. The highest BCUT2D eigenvalue weighted by Crippen LogP contribution is 2.14. The van der Waals surface area contributed by atoms with Crippen LogP contribution in [0.15, 0.2) is 29.3 Å². The van der Waals surface area contributed by atoms with E-state index in [1.54, 1.807) is 0 Å². The monoisotopic (exact) mass is 206 g/mol. The second-order valence-electron chi connectivity index (χ2n) is 3.85. The smallest absolute Gasteiger partial charge is 0.123 e. The number of rotatable bonds is 2. The molecule has 2 nitrogen and oxygen atoms in total. The average Bonchev–Trinajstić information content (AvgIpc) is 2.71. The predicted molar refractivity (Wildman–Crippen MR) is 59.5 cm³/mol. The van der Waals surface area contributed by atoms with Crippen molar-refractivity contribution in [2.75, 3.05) is 6.54 Å². The van der Waals surface area contributed by atoms with E-state index in [1.807, 2.05) is 12.1 Å². The number of nitrogens with zero attached hydrogens (tertiary/aromatic N) is 1. The summed E-state index contributed by atoms with van der Waals surface area (Å²) >= 11 is 0. The van der Waals surface area contributed by atoms with E-state index in [1.165, 1.54) is 12.1 Å². The molecule has 1 aliphatic heterocycles. The second kappa shape index (κ2) is 4.43. The number of nitrogens with one attached hydrogen (secondary N) is 1. The third kappa shape index (κ3) is 2.55. The van der Waals surface area contributed by atoms with Crippen LogP contribution in [0.4, 0.5) is 4.39 Å². The molecule has 1 heterocycles. The number of amidine groups is 1. The van der Waals surface area contributed by atoms with Crippen LogP contribution in [-0.2, 0) is 0 Å². The van der Waals surface area contributed by atoms with Crippen molar-refractivity contribution in [3.63, 3.8) is 0 Å². The first-order valence-electron chi connectivity index (χ1n) is 5.31. The minimum absolute atomic E-state index is 0.191. The van der Waals surface area contributed by atoms with Crippen LogP contribution in [0.1, 0.15) is 31.4 Å². The van der Waals surface area contributed by atoms with Crippen molar-refractivity contribution in [2.45, 2.75) is 25.8 Å². The quantitative estimate of drug-likeness (QED) is 0.790. The number of halogens is 1. The molecule has 1 N–H and O–H groups in total. The van der Waals surface area contributed by atoms with E-state index in [2.05, 4.69) is 17.2 Å². The summed E-state index contributed by atoms with van der Waals surface area (Å²) in [7, 11) is 0. The van der Waals surface area contributed by atoms with Gasteiger partial charge in [0, 0.05) is 19.0 Å². The molecule has 0 radical (unpaired) electrons. The van der Waals surface area contributed by atoms with Crippen LogP contribution in [0.25, 0.3) is 0 Å². The molecular formula is C12H15FN2. The highest BCUT2D eigenvalue weighted by molar-refractivity contribution is 5.83. The van der Waals surface area contributed by atoms with Gasteiger partial charge in [-0.15, -0.1) is 0 Å². The fourth-order valence-corrected chi connectivity index (χ4v) is 1.74. The number of hydrogen-bond donors (Lipinski definition) is 1. The summed E-state index contributed by atoms with van der Waals surface area (Å²) in [6.07, 6.45) is 2.17. The van der Waals surface area contributed by atoms with E-state index in [0.717, 1.165) is 30.8 Å². The Morgan fingerprint density at radius 3 is 2.67 bits per heavy atom. The molecule has 0 aromatic heterocycles. The van der Waals surface area contributed by atoms with Gasteiger partial charge in [0.1, 0.15) is 5.82 Å². The van der Waals surface area contributed by atoms with Crippen LogP contribution < -0.4 is 5.32 Å². The summed E-state index contributed by atoms with van der Waals surface area (Å²) in [6, 6.07) is 6.79. The highest BCUT2D eigenvalue weighted by Gasteiger charge is 2.10. The zero-order valence-electron chi connectivity index (χ0n) is 8.83. The molecule has 1 aromatic carbocycles. The van der Waals surface area contributed by atoms with Gasteiger partial charge in [-0.3, -0.25) is 4.99 Å². The molecule has 0 aliphatic carbocycles. The van der Waals surface area contributed by atoms with Crippen LogP contribution in [0, 0.1) is 5.82 Å². The molecule has 0 saturated carbocycles. The lowest BCUT2D eigenvalue weighted by Gasteiger charge is -2.15. The maximum absolute atomic E-state index is 12.7. The summed E-state index contributed by atoms with van der Waals surface area (Å²) in [5.74, 6) is 0.885. The van der Waals surface area contributed by atoms with E-state index in [9.17, 15) is 4.39 Å². The van der Waals surface area contributed by atoms with Crippen LogP contribution in [0.2, 0.25) is 0 Å². The van der Waals surface area contributed by atoms with Gasteiger partial charge >= 0.3 is 0 Å². The van der Waals surface area contributed by atoms with E-state index >= 15 is 0 Å². The van der Waals surface area contributed by atoms with Gasteiger partial charge in [0.05, 0.1) is 5.84 Å². The van der Waals surface area contributed by atoms with Crippen LogP contribution >= 0.6 is 0 Å². The SMILES string of the molecule is C[C@@H](NC1=NCCC1)c1ccc(F)cc1. The molecule has 1 aromatic rings. The number of hydrogen-bond acceptors (Lipinski definition) is 2. The Labute approximate surface area is 89.2 Å². The topological polar surface area (TPSA) is 24.4 Å². The summed E-state index contributed by atoms with van der Waals surface area (Å²) < 4.78 is 12.7. The van der Waals surface area contributed by atoms with Gasteiger partial charge in [-0.1, -0.05) is 12.1 Å². The molecule has 1 atom stereocenters. The average molecular weight is 206 g/mol. The summed E-state index contributed by atoms with van der Waals surface area (Å²) in [5, 5.41) is 3.34. The minimum Gasteiger partial charge on any atom is -0.367 e. The standard InChI is InChI=1S/C12H15FN2/c1-9(15-12-3-2-8-14-12)10-4-6-11(13)7-5-10/h4-7,9H,2-3,8H2,1H3,(H,14,15)/t9-/m1/s1. The van der Waals surface area contributed by atoms with E-state index in [-0.39, 0.29) is 11.9 Å². The van der Waals surface area contributed by atoms with Crippen molar-refractivity contribution in [1.82, 2.24) is 5.32 Å². The first-order chi connectivity index (χ1) is 7.25. The van der Waals surface area contributed by atoms with Gasteiger partial charge in [0.2, 0.25) is 0 Å². The van der Waals surface area contributed by atoms with Gasteiger partial charge in [-0.25, -0.2) is 4.39 Å².